The number of nitrogens with zero attached hydrogens (tertiary/aromatic N) is 2. The van der Waals surface area contributed by atoms with Crippen LogP contribution in [0.1, 0.15) is 43.2 Å². The van der Waals surface area contributed by atoms with Crippen molar-refractivity contribution in [3.05, 3.63) is 35.4 Å². The maximum Gasteiger partial charge on any atom is 0.307 e. The molecule has 0 aromatic heterocycles. The van der Waals surface area contributed by atoms with Crippen molar-refractivity contribution in [1.82, 2.24) is 9.80 Å². The van der Waals surface area contributed by atoms with Gasteiger partial charge < -0.3 is 14.5 Å². The molecular weight excluding hydrogens is 344 g/mol. The summed E-state index contributed by atoms with van der Waals surface area (Å²) in [5, 5.41) is 0. The van der Waals surface area contributed by atoms with E-state index < -0.39 is 11.5 Å². The molecule has 1 saturated carbocycles. The molecule has 2 saturated heterocycles. The van der Waals surface area contributed by atoms with Gasteiger partial charge in [-0.05, 0) is 38.2 Å². The first-order valence-electron chi connectivity index (χ1n) is 9.81. The normalized spacial score (nSPS) is 24.6. The van der Waals surface area contributed by atoms with Gasteiger partial charge >= 0.3 is 5.97 Å². The first kappa shape index (κ1) is 18.0. The molecule has 1 aromatic carbocycles. The van der Waals surface area contributed by atoms with Crippen molar-refractivity contribution < 1.29 is 19.1 Å². The van der Waals surface area contributed by atoms with Gasteiger partial charge in [0.2, 0.25) is 11.8 Å². The highest BCUT2D eigenvalue weighted by Crippen LogP contribution is 2.46. The quantitative estimate of drug-likeness (QED) is 0.764. The molecule has 27 heavy (non-hydrogen) atoms. The van der Waals surface area contributed by atoms with Crippen molar-refractivity contribution in [1.29, 1.82) is 0 Å². The molecule has 0 bridgehead atoms. The summed E-state index contributed by atoms with van der Waals surface area (Å²) >= 11 is 0. The van der Waals surface area contributed by atoms with Gasteiger partial charge in [0, 0.05) is 19.6 Å². The minimum Gasteiger partial charge on any atom is -0.458 e. The molecule has 1 atom stereocenters. The van der Waals surface area contributed by atoms with Crippen LogP contribution in [0.15, 0.2) is 24.3 Å². The van der Waals surface area contributed by atoms with E-state index in [4.69, 9.17) is 4.74 Å². The summed E-state index contributed by atoms with van der Waals surface area (Å²) in [5.74, 6) is -0.837. The van der Waals surface area contributed by atoms with Gasteiger partial charge in [0.25, 0.3) is 0 Å². The fourth-order valence-corrected chi connectivity index (χ4v) is 4.63. The van der Waals surface area contributed by atoms with Gasteiger partial charge in [0.1, 0.15) is 5.60 Å². The molecular formula is C21H26N2O4. The lowest BCUT2D eigenvalue weighted by atomic mass is 9.84. The van der Waals surface area contributed by atoms with E-state index in [0.29, 0.717) is 19.6 Å². The van der Waals surface area contributed by atoms with Crippen LogP contribution in [0.4, 0.5) is 0 Å². The number of carbonyl (C=O) groups excluding carboxylic acids is 3. The Balaban J connectivity index is 1.40. The summed E-state index contributed by atoms with van der Waals surface area (Å²) in [5.41, 5.74) is 1.67. The molecule has 1 unspecified atom stereocenters. The number of carbonyl (C=O) groups is 3. The number of hydrogen-bond donors (Lipinski definition) is 0. The third kappa shape index (κ3) is 3.45. The van der Waals surface area contributed by atoms with Gasteiger partial charge in [0.05, 0.1) is 18.9 Å². The molecule has 1 spiro atoms. The maximum absolute atomic E-state index is 13.1. The van der Waals surface area contributed by atoms with Crippen molar-refractivity contribution in [2.24, 2.45) is 5.92 Å². The van der Waals surface area contributed by atoms with E-state index in [1.807, 2.05) is 31.2 Å². The molecule has 4 rings (SSSR count). The Morgan fingerprint density at radius 2 is 1.85 bits per heavy atom. The van der Waals surface area contributed by atoms with E-state index in [1.54, 1.807) is 9.80 Å². The van der Waals surface area contributed by atoms with Crippen molar-refractivity contribution in [2.45, 2.75) is 51.2 Å². The van der Waals surface area contributed by atoms with Crippen LogP contribution in [0.3, 0.4) is 0 Å². The number of ether oxygens (including phenoxy) is 1. The zero-order valence-corrected chi connectivity index (χ0v) is 15.8. The average molecular weight is 370 g/mol. The summed E-state index contributed by atoms with van der Waals surface area (Å²) in [6.07, 6.45) is 3.64. The van der Waals surface area contributed by atoms with Gasteiger partial charge in [0.15, 0.2) is 0 Å². The summed E-state index contributed by atoms with van der Waals surface area (Å²) < 4.78 is 5.59. The summed E-state index contributed by atoms with van der Waals surface area (Å²) in [7, 11) is 0. The minimum atomic E-state index is -0.615. The molecule has 6 heteroatoms. The number of benzene rings is 1. The van der Waals surface area contributed by atoms with E-state index in [1.165, 1.54) is 5.56 Å². The lowest BCUT2D eigenvalue weighted by molar-refractivity contribution is -0.155. The molecule has 2 heterocycles. The largest absolute Gasteiger partial charge is 0.458 e. The molecule has 2 amide bonds. The van der Waals surface area contributed by atoms with Crippen LogP contribution in [0.25, 0.3) is 0 Å². The lowest BCUT2D eigenvalue weighted by Crippen LogP contribution is -2.55. The number of hydrogen-bond acceptors (Lipinski definition) is 4. The molecule has 1 aromatic rings. The number of rotatable bonds is 3. The standard InChI is InChI=1S/C21H26N2O4/c1-15-4-6-16(7-5-15)13-22-10-11-23(14-18(22)24)20(26)17-12-19(25)27-21(17)8-2-3-9-21/h4-7,17H,2-3,8-14H2,1H3. The van der Waals surface area contributed by atoms with E-state index in [2.05, 4.69) is 0 Å². The Kier molecular flexibility index (Phi) is 4.66. The van der Waals surface area contributed by atoms with Crippen LogP contribution in [-0.2, 0) is 25.7 Å². The average Bonchev–Trinajstić information content (AvgIpc) is 3.24. The Morgan fingerprint density at radius 1 is 1.15 bits per heavy atom. The molecule has 3 aliphatic rings. The molecule has 0 radical (unpaired) electrons. The van der Waals surface area contributed by atoms with Crippen LogP contribution in [0, 0.1) is 12.8 Å². The third-order valence-electron chi connectivity index (χ3n) is 6.20. The van der Waals surface area contributed by atoms with Crippen LogP contribution in [-0.4, -0.2) is 52.8 Å². The molecule has 2 aliphatic heterocycles. The zero-order valence-electron chi connectivity index (χ0n) is 15.8. The lowest BCUT2D eigenvalue weighted by Gasteiger charge is -2.37. The summed E-state index contributed by atoms with van der Waals surface area (Å²) in [6.45, 7) is 3.72. The van der Waals surface area contributed by atoms with E-state index in [0.717, 1.165) is 31.2 Å². The maximum atomic E-state index is 13.1. The second kappa shape index (κ2) is 6.98. The smallest absolute Gasteiger partial charge is 0.307 e. The molecule has 3 fully saturated rings. The zero-order chi connectivity index (χ0) is 19.0. The van der Waals surface area contributed by atoms with Crippen LogP contribution < -0.4 is 0 Å². The summed E-state index contributed by atoms with van der Waals surface area (Å²) in [4.78, 5) is 41.0. The SMILES string of the molecule is Cc1ccc(CN2CCN(C(=O)C3CC(=O)OC34CCCC4)CC2=O)cc1. The number of esters is 1. The fraction of sp³-hybridized carbons (Fsp3) is 0.571. The fourth-order valence-electron chi connectivity index (χ4n) is 4.63. The van der Waals surface area contributed by atoms with Gasteiger partial charge in [-0.25, -0.2) is 0 Å². The first-order chi connectivity index (χ1) is 13.0. The topological polar surface area (TPSA) is 66.9 Å². The van der Waals surface area contributed by atoms with Crippen molar-refractivity contribution in [3.63, 3.8) is 0 Å². The summed E-state index contributed by atoms with van der Waals surface area (Å²) in [6, 6.07) is 8.15. The highest BCUT2D eigenvalue weighted by molar-refractivity contribution is 5.91. The number of amides is 2. The number of piperazine rings is 1. The second-order valence-electron chi connectivity index (χ2n) is 8.06. The second-order valence-corrected chi connectivity index (χ2v) is 8.06. The Hall–Kier alpha value is -2.37. The van der Waals surface area contributed by atoms with Crippen LogP contribution in [0.2, 0.25) is 0 Å². The molecule has 144 valence electrons. The molecule has 1 aliphatic carbocycles. The van der Waals surface area contributed by atoms with Crippen LogP contribution in [0.5, 0.6) is 0 Å². The van der Waals surface area contributed by atoms with Gasteiger partial charge in [-0.2, -0.15) is 0 Å². The minimum absolute atomic E-state index is 0.0408. The van der Waals surface area contributed by atoms with Gasteiger partial charge in [-0.3, -0.25) is 14.4 Å². The van der Waals surface area contributed by atoms with Crippen molar-refractivity contribution in [3.8, 4) is 0 Å². The Bertz CT molecular complexity index is 752. The van der Waals surface area contributed by atoms with Crippen molar-refractivity contribution in [2.75, 3.05) is 19.6 Å². The van der Waals surface area contributed by atoms with Gasteiger partial charge in [-0.1, -0.05) is 29.8 Å². The third-order valence-corrected chi connectivity index (χ3v) is 6.20. The van der Waals surface area contributed by atoms with E-state index in [-0.39, 0.29) is 30.7 Å². The molecule has 0 N–H and O–H groups in total. The van der Waals surface area contributed by atoms with E-state index >= 15 is 0 Å². The predicted octanol–water partition coefficient (Wildman–Crippen LogP) is 2.04. The molecule has 6 nitrogen and oxygen atoms in total. The number of aryl methyl sites for hydroxylation is 1. The van der Waals surface area contributed by atoms with Crippen LogP contribution >= 0.6 is 0 Å². The highest BCUT2D eigenvalue weighted by Gasteiger charge is 2.55. The van der Waals surface area contributed by atoms with E-state index in [9.17, 15) is 14.4 Å². The monoisotopic (exact) mass is 370 g/mol. The van der Waals surface area contributed by atoms with Crippen molar-refractivity contribution >= 4 is 17.8 Å². The predicted molar refractivity (Wildman–Crippen MR) is 98.6 cm³/mol. The first-order valence-corrected chi connectivity index (χ1v) is 9.81. The van der Waals surface area contributed by atoms with Gasteiger partial charge in [-0.15, -0.1) is 0 Å². The highest BCUT2D eigenvalue weighted by atomic mass is 16.6. The Labute approximate surface area is 159 Å². The Morgan fingerprint density at radius 3 is 2.52 bits per heavy atom.